The molecule has 0 rings (SSSR count). The minimum absolute atomic E-state index is 0.246. The molecule has 1 amide bonds. The topological polar surface area (TPSA) is 119 Å². The first-order chi connectivity index (χ1) is 11.1. The molecule has 10 heteroatoms. The quantitative estimate of drug-likeness (QED) is 0.340. The number of thioether (sulfide) groups is 1. The highest BCUT2D eigenvalue weighted by Gasteiger charge is 2.30. The van der Waals surface area contributed by atoms with E-state index in [0.29, 0.717) is 11.8 Å². The van der Waals surface area contributed by atoms with Gasteiger partial charge < -0.3 is 19.9 Å². The van der Waals surface area contributed by atoms with Gasteiger partial charge in [-0.2, -0.15) is 12.6 Å². The Bertz CT molecular complexity index is 523. The number of carbonyl (C=O) groups excluding carboxylic acids is 3. The molecule has 0 saturated carbocycles. The van der Waals surface area contributed by atoms with Crippen LogP contribution in [0.5, 0.6) is 0 Å². The van der Waals surface area contributed by atoms with Crippen molar-refractivity contribution >= 4 is 47.5 Å². The van der Waals surface area contributed by atoms with Crippen molar-refractivity contribution in [2.24, 2.45) is 5.41 Å². The average molecular weight is 395 g/mol. The molecule has 144 valence electrons. The van der Waals surface area contributed by atoms with Crippen molar-refractivity contribution < 1.29 is 33.8 Å². The highest BCUT2D eigenvalue weighted by molar-refractivity contribution is 8.13. The number of esters is 1. The molecule has 0 aliphatic heterocycles. The van der Waals surface area contributed by atoms with Crippen molar-refractivity contribution in [1.29, 1.82) is 0 Å². The predicted octanol–water partition coefficient (Wildman–Crippen LogP) is 2.07. The smallest absolute Gasteiger partial charge is 0.370 e. The number of rotatable bonds is 7. The molecule has 0 heterocycles. The second-order valence-electron chi connectivity index (χ2n) is 6.83. The summed E-state index contributed by atoms with van der Waals surface area (Å²) in [5.74, 6) is -2.66. The minimum atomic E-state index is -1.29. The number of thiol groups is 1. The fourth-order valence-corrected chi connectivity index (χ4v) is 1.98. The molecular weight excluding hydrogens is 370 g/mol. The zero-order valence-corrected chi connectivity index (χ0v) is 16.8. The number of carboxylic acids is 1. The van der Waals surface area contributed by atoms with Gasteiger partial charge in [0.15, 0.2) is 0 Å². The first kappa shape index (κ1) is 23.6. The molecule has 8 nitrogen and oxygen atoms in total. The SMILES string of the molecule is C[C@@H](OC(=O)SC[C@H](NC(=O)C(C)(C)S)C(=O)O)OC(=O)C(C)(C)C. The van der Waals surface area contributed by atoms with Crippen LogP contribution in [0.1, 0.15) is 41.5 Å². The molecule has 0 saturated heterocycles. The third-order valence-corrected chi connectivity index (χ3v) is 3.71. The molecule has 0 fully saturated rings. The zero-order valence-electron chi connectivity index (χ0n) is 15.1. The molecule has 0 unspecified atom stereocenters. The summed E-state index contributed by atoms with van der Waals surface area (Å²) in [6, 6.07) is -1.29. The first-order valence-electron chi connectivity index (χ1n) is 7.45. The number of nitrogens with one attached hydrogen (secondary N) is 1. The number of ether oxygens (including phenoxy) is 2. The highest BCUT2D eigenvalue weighted by atomic mass is 32.2. The molecule has 0 aliphatic carbocycles. The number of carbonyl (C=O) groups is 4. The average Bonchev–Trinajstić information content (AvgIpc) is 2.40. The van der Waals surface area contributed by atoms with E-state index in [4.69, 9.17) is 14.6 Å². The van der Waals surface area contributed by atoms with Gasteiger partial charge in [-0.05, 0) is 46.4 Å². The lowest BCUT2D eigenvalue weighted by atomic mass is 9.97. The third kappa shape index (κ3) is 9.59. The van der Waals surface area contributed by atoms with Crippen molar-refractivity contribution in [2.45, 2.75) is 58.6 Å². The molecule has 25 heavy (non-hydrogen) atoms. The van der Waals surface area contributed by atoms with Crippen molar-refractivity contribution in [1.82, 2.24) is 5.32 Å². The Morgan fingerprint density at radius 3 is 2.04 bits per heavy atom. The van der Waals surface area contributed by atoms with Gasteiger partial charge >= 0.3 is 17.2 Å². The predicted molar refractivity (Wildman–Crippen MR) is 96.6 cm³/mol. The van der Waals surface area contributed by atoms with Gasteiger partial charge in [0, 0.05) is 12.7 Å². The van der Waals surface area contributed by atoms with Crippen LogP contribution in [0.15, 0.2) is 0 Å². The zero-order chi connectivity index (χ0) is 20.0. The van der Waals surface area contributed by atoms with Gasteiger partial charge in [-0.15, -0.1) is 0 Å². The van der Waals surface area contributed by atoms with E-state index in [0.717, 1.165) is 0 Å². The van der Waals surface area contributed by atoms with Crippen LogP contribution in [0.3, 0.4) is 0 Å². The second-order valence-corrected chi connectivity index (χ2v) is 8.90. The van der Waals surface area contributed by atoms with Gasteiger partial charge in [0.2, 0.25) is 12.2 Å². The molecule has 0 aliphatic rings. The summed E-state index contributed by atoms with van der Waals surface area (Å²) in [6.45, 7) is 9.36. The normalized spacial score (nSPS) is 14.2. The largest absolute Gasteiger partial charge is 0.480 e. The lowest BCUT2D eigenvalue weighted by Gasteiger charge is -2.22. The molecule has 0 radical (unpaired) electrons. The molecule has 0 aromatic carbocycles. The summed E-state index contributed by atoms with van der Waals surface area (Å²) in [6.07, 6.45) is -1.11. The summed E-state index contributed by atoms with van der Waals surface area (Å²) in [7, 11) is 0. The van der Waals surface area contributed by atoms with E-state index < -0.39 is 45.6 Å². The number of hydrogen-bond acceptors (Lipinski definition) is 8. The van der Waals surface area contributed by atoms with E-state index in [2.05, 4.69) is 17.9 Å². The van der Waals surface area contributed by atoms with Crippen LogP contribution in [-0.2, 0) is 23.9 Å². The minimum Gasteiger partial charge on any atom is -0.480 e. The summed E-state index contributed by atoms with van der Waals surface area (Å²) in [5, 5.41) is 10.6. The highest BCUT2D eigenvalue weighted by Crippen LogP contribution is 2.18. The Hall–Kier alpha value is -1.42. The molecular formula is C15H25NO7S2. The van der Waals surface area contributed by atoms with E-state index in [1.165, 1.54) is 20.8 Å². The summed E-state index contributed by atoms with van der Waals surface area (Å²) >= 11 is 4.61. The lowest BCUT2D eigenvalue weighted by molar-refractivity contribution is -0.173. The number of carboxylic acid groups (broad SMARTS) is 1. The van der Waals surface area contributed by atoms with Crippen LogP contribution in [-0.4, -0.2) is 51.1 Å². The standard InChI is InChI=1S/C15H25NO7S2/c1-8(22-12(20)14(2,3)4)23-13(21)25-7-9(10(17)18)16-11(19)15(5,6)24/h8-9,24H,7H2,1-6H3,(H,16,19)(H,17,18)/t8-,9+/m1/s1. The van der Waals surface area contributed by atoms with Crippen molar-refractivity contribution in [3.05, 3.63) is 0 Å². The number of amides is 1. The molecule has 2 N–H and O–H groups in total. The number of aliphatic carboxylic acids is 1. The summed E-state index contributed by atoms with van der Waals surface area (Å²) in [4.78, 5) is 46.4. The van der Waals surface area contributed by atoms with Crippen molar-refractivity contribution in [2.75, 3.05) is 5.75 Å². The summed E-state index contributed by atoms with van der Waals surface area (Å²) in [5.41, 5.74) is -0.744. The molecule has 2 atom stereocenters. The van der Waals surface area contributed by atoms with Gasteiger partial charge in [0.05, 0.1) is 10.2 Å². The van der Waals surface area contributed by atoms with Crippen LogP contribution in [0.25, 0.3) is 0 Å². The maximum atomic E-state index is 11.8. The second kappa shape index (κ2) is 9.33. The first-order valence-corrected chi connectivity index (χ1v) is 8.88. The van der Waals surface area contributed by atoms with E-state index in [1.54, 1.807) is 20.8 Å². The fraction of sp³-hybridized carbons (Fsp3) is 0.733. The van der Waals surface area contributed by atoms with Gasteiger partial charge in [-0.25, -0.2) is 9.59 Å². The van der Waals surface area contributed by atoms with Gasteiger partial charge in [-0.1, -0.05) is 0 Å². The molecule has 0 aromatic rings. The van der Waals surface area contributed by atoms with E-state index in [-0.39, 0.29) is 5.75 Å². The Labute approximate surface area is 156 Å². The Morgan fingerprint density at radius 1 is 1.12 bits per heavy atom. The van der Waals surface area contributed by atoms with E-state index in [1.807, 2.05) is 0 Å². The van der Waals surface area contributed by atoms with Crippen molar-refractivity contribution in [3.8, 4) is 0 Å². The van der Waals surface area contributed by atoms with E-state index in [9.17, 15) is 19.2 Å². The molecule has 0 aromatic heterocycles. The Balaban J connectivity index is 4.51. The van der Waals surface area contributed by atoms with Crippen LogP contribution in [0, 0.1) is 5.41 Å². The Kier molecular flexibility index (Phi) is 8.80. The van der Waals surface area contributed by atoms with Crippen LogP contribution >= 0.6 is 24.4 Å². The van der Waals surface area contributed by atoms with Gasteiger partial charge in [0.25, 0.3) is 0 Å². The maximum Gasteiger partial charge on any atom is 0.370 e. The van der Waals surface area contributed by atoms with Crippen LogP contribution in [0.2, 0.25) is 0 Å². The summed E-state index contributed by atoms with van der Waals surface area (Å²) < 4.78 is 8.78. The maximum absolute atomic E-state index is 11.8. The number of hydrogen-bond donors (Lipinski definition) is 3. The fourth-order valence-electron chi connectivity index (χ4n) is 1.18. The van der Waals surface area contributed by atoms with Gasteiger partial charge in [0.1, 0.15) is 6.04 Å². The van der Waals surface area contributed by atoms with Gasteiger partial charge in [-0.3, -0.25) is 9.59 Å². The third-order valence-electron chi connectivity index (χ3n) is 2.67. The molecule has 0 bridgehead atoms. The monoisotopic (exact) mass is 395 g/mol. The van der Waals surface area contributed by atoms with Crippen LogP contribution < -0.4 is 5.32 Å². The Morgan fingerprint density at radius 2 is 1.64 bits per heavy atom. The lowest BCUT2D eigenvalue weighted by Crippen LogP contribution is -2.48. The van der Waals surface area contributed by atoms with Crippen LogP contribution in [0.4, 0.5) is 4.79 Å². The molecule has 0 spiro atoms. The van der Waals surface area contributed by atoms with E-state index >= 15 is 0 Å². The van der Waals surface area contributed by atoms with Crippen molar-refractivity contribution in [3.63, 3.8) is 0 Å².